The summed E-state index contributed by atoms with van der Waals surface area (Å²) in [5.74, 6) is -0.220. The molecule has 0 saturated heterocycles. The standard InChI is InChI=1S/C24H18N4O/c1-15-11-12-17(13-16(15)2)22-14-19(18-7-3-4-8-20(18)25-22)24(29)28-23-10-6-5-9-21(23)26-27-28/h3-14H,1-2H3. The van der Waals surface area contributed by atoms with Gasteiger partial charge in [0.15, 0.2) is 0 Å². The van der Waals surface area contributed by atoms with E-state index >= 15 is 0 Å². The Balaban J connectivity index is 1.74. The summed E-state index contributed by atoms with van der Waals surface area (Å²) in [6.07, 6.45) is 0. The third-order valence-electron chi connectivity index (χ3n) is 5.29. The molecule has 29 heavy (non-hydrogen) atoms. The number of aryl methyl sites for hydroxylation is 2. The van der Waals surface area contributed by atoms with E-state index in [1.807, 2.05) is 60.7 Å². The SMILES string of the molecule is Cc1ccc(-c2cc(C(=O)n3nnc4ccccc43)c3ccccc3n2)cc1C. The number of fused-ring (bicyclic) bond motifs is 2. The highest BCUT2D eigenvalue weighted by molar-refractivity contribution is 6.09. The maximum absolute atomic E-state index is 13.5. The molecule has 0 atom stereocenters. The number of pyridine rings is 1. The zero-order chi connectivity index (χ0) is 20.0. The highest BCUT2D eigenvalue weighted by Crippen LogP contribution is 2.27. The summed E-state index contributed by atoms with van der Waals surface area (Å²) in [7, 11) is 0. The summed E-state index contributed by atoms with van der Waals surface area (Å²) >= 11 is 0. The Kier molecular flexibility index (Phi) is 3.95. The lowest BCUT2D eigenvalue weighted by Gasteiger charge is -2.10. The molecule has 0 spiro atoms. The Morgan fingerprint density at radius 1 is 0.828 bits per heavy atom. The number of aromatic nitrogens is 4. The van der Waals surface area contributed by atoms with Crippen molar-refractivity contribution in [3.05, 3.63) is 89.5 Å². The quantitative estimate of drug-likeness (QED) is 0.436. The Hall–Kier alpha value is -3.86. The largest absolute Gasteiger partial charge is 0.280 e. The molecular weight excluding hydrogens is 360 g/mol. The van der Waals surface area contributed by atoms with E-state index in [-0.39, 0.29) is 5.91 Å². The van der Waals surface area contributed by atoms with Crippen LogP contribution in [-0.4, -0.2) is 25.9 Å². The van der Waals surface area contributed by atoms with Gasteiger partial charge in [-0.15, -0.1) is 5.10 Å². The Morgan fingerprint density at radius 3 is 2.41 bits per heavy atom. The van der Waals surface area contributed by atoms with E-state index in [1.54, 1.807) is 0 Å². The Labute approximate surface area is 167 Å². The molecule has 3 aromatic carbocycles. The summed E-state index contributed by atoms with van der Waals surface area (Å²) in [5.41, 5.74) is 6.86. The highest BCUT2D eigenvalue weighted by Gasteiger charge is 2.19. The van der Waals surface area contributed by atoms with Crippen LogP contribution < -0.4 is 0 Å². The number of carbonyl (C=O) groups is 1. The summed E-state index contributed by atoms with van der Waals surface area (Å²) in [5, 5.41) is 9.02. The van der Waals surface area contributed by atoms with Crippen LogP contribution in [0.3, 0.4) is 0 Å². The van der Waals surface area contributed by atoms with Crippen LogP contribution in [0.1, 0.15) is 21.5 Å². The number of rotatable bonds is 2. The zero-order valence-corrected chi connectivity index (χ0v) is 16.1. The van der Waals surface area contributed by atoms with Gasteiger partial charge < -0.3 is 0 Å². The van der Waals surface area contributed by atoms with Gasteiger partial charge in [-0.25, -0.2) is 4.98 Å². The molecule has 5 rings (SSSR count). The van der Waals surface area contributed by atoms with Crippen molar-refractivity contribution in [3.8, 4) is 11.3 Å². The first-order valence-corrected chi connectivity index (χ1v) is 9.44. The van der Waals surface area contributed by atoms with Crippen LogP contribution in [0.25, 0.3) is 33.2 Å². The third kappa shape index (κ3) is 2.88. The van der Waals surface area contributed by atoms with Crippen molar-refractivity contribution in [1.82, 2.24) is 20.0 Å². The van der Waals surface area contributed by atoms with E-state index in [0.717, 1.165) is 22.2 Å². The highest BCUT2D eigenvalue weighted by atomic mass is 16.2. The molecule has 0 aliphatic rings. The van der Waals surface area contributed by atoms with Crippen LogP contribution in [0.4, 0.5) is 0 Å². The summed E-state index contributed by atoms with van der Waals surface area (Å²) in [6.45, 7) is 4.16. The van der Waals surface area contributed by atoms with Gasteiger partial charge in [-0.05, 0) is 55.3 Å². The van der Waals surface area contributed by atoms with Gasteiger partial charge in [0.2, 0.25) is 0 Å². The van der Waals surface area contributed by atoms with Crippen LogP contribution in [-0.2, 0) is 0 Å². The van der Waals surface area contributed by atoms with Crippen molar-refractivity contribution in [2.24, 2.45) is 0 Å². The molecule has 0 aliphatic heterocycles. The molecule has 0 unspecified atom stereocenters. The lowest BCUT2D eigenvalue weighted by Crippen LogP contribution is -2.14. The van der Waals surface area contributed by atoms with E-state index in [2.05, 4.69) is 36.3 Å². The normalized spacial score (nSPS) is 11.2. The van der Waals surface area contributed by atoms with Gasteiger partial charge in [0.25, 0.3) is 5.91 Å². The summed E-state index contributed by atoms with van der Waals surface area (Å²) in [6, 6.07) is 23.2. The first-order chi connectivity index (χ1) is 14.1. The Morgan fingerprint density at radius 2 is 1.59 bits per heavy atom. The van der Waals surface area contributed by atoms with Gasteiger partial charge in [-0.2, -0.15) is 4.68 Å². The number of para-hydroxylation sites is 2. The molecule has 0 fully saturated rings. The first kappa shape index (κ1) is 17.3. The minimum Gasteiger partial charge on any atom is -0.267 e. The topological polar surface area (TPSA) is 60.7 Å². The molecular formula is C24H18N4O. The molecule has 2 aromatic heterocycles. The van der Waals surface area contributed by atoms with Crippen LogP contribution in [0, 0.1) is 13.8 Å². The monoisotopic (exact) mass is 378 g/mol. The minimum atomic E-state index is -0.220. The predicted octanol–water partition coefficient (Wildman–Crippen LogP) is 4.95. The first-order valence-electron chi connectivity index (χ1n) is 9.44. The smallest absolute Gasteiger partial charge is 0.267 e. The molecule has 0 N–H and O–H groups in total. The molecule has 5 heteroatoms. The van der Waals surface area contributed by atoms with Gasteiger partial charge in [-0.1, -0.05) is 47.7 Å². The van der Waals surface area contributed by atoms with Gasteiger partial charge in [0.1, 0.15) is 5.52 Å². The fraction of sp³-hybridized carbons (Fsp3) is 0.0833. The fourth-order valence-electron chi connectivity index (χ4n) is 3.53. The molecule has 5 nitrogen and oxygen atoms in total. The predicted molar refractivity (Wildman–Crippen MR) is 114 cm³/mol. The molecule has 0 amide bonds. The van der Waals surface area contributed by atoms with E-state index in [4.69, 9.17) is 4.98 Å². The molecule has 0 bridgehead atoms. The number of benzene rings is 3. The summed E-state index contributed by atoms with van der Waals surface area (Å²) < 4.78 is 1.36. The van der Waals surface area contributed by atoms with Crippen molar-refractivity contribution in [1.29, 1.82) is 0 Å². The maximum Gasteiger partial charge on any atom is 0.280 e. The fourth-order valence-corrected chi connectivity index (χ4v) is 3.53. The average Bonchev–Trinajstić information content (AvgIpc) is 3.18. The molecule has 0 radical (unpaired) electrons. The average molecular weight is 378 g/mol. The van der Waals surface area contributed by atoms with Gasteiger partial charge >= 0.3 is 0 Å². The minimum absolute atomic E-state index is 0.220. The molecule has 140 valence electrons. The van der Waals surface area contributed by atoms with Crippen molar-refractivity contribution in [2.75, 3.05) is 0 Å². The number of hydrogen-bond donors (Lipinski definition) is 0. The van der Waals surface area contributed by atoms with E-state index in [1.165, 1.54) is 15.8 Å². The zero-order valence-electron chi connectivity index (χ0n) is 16.1. The second kappa shape index (κ2) is 6.63. The second-order valence-corrected chi connectivity index (χ2v) is 7.17. The lowest BCUT2D eigenvalue weighted by molar-refractivity contribution is 0.0949. The number of nitrogens with zero attached hydrogens (tertiary/aromatic N) is 4. The van der Waals surface area contributed by atoms with Crippen molar-refractivity contribution in [2.45, 2.75) is 13.8 Å². The molecule has 0 saturated carbocycles. The van der Waals surface area contributed by atoms with Crippen LogP contribution in [0.5, 0.6) is 0 Å². The molecule has 0 aliphatic carbocycles. The van der Waals surface area contributed by atoms with Gasteiger partial charge in [0.05, 0.1) is 22.3 Å². The van der Waals surface area contributed by atoms with Crippen LogP contribution in [0.15, 0.2) is 72.8 Å². The Bertz CT molecular complexity index is 1400. The number of carbonyl (C=O) groups excluding carboxylic acids is 1. The molecule has 5 aromatic rings. The summed E-state index contributed by atoms with van der Waals surface area (Å²) in [4.78, 5) is 18.3. The van der Waals surface area contributed by atoms with E-state index in [9.17, 15) is 4.79 Å². The van der Waals surface area contributed by atoms with Crippen molar-refractivity contribution < 1.29 is 4.79 Å². The second-order valence-electron chi connectivity index (χ2n) is 7.17. The van der Waals surface area contributed by atoms with Crippen LogP contribution in [0.2, 0.25) is 0 Å². The van der Waals surface area contributed by atoms with Crippen molar-refractivity contribution >= 4 is 27.8 Å². The van der Waals surface area contributed by atoms with Crippen LogP contribution >= 0.6 is 0 Å². The van der Waals surface area contributed by atoms with Gasteiger partial charge in [-0.3, -0.25) is 4.79 Å². The number of hydrogen-bond acceptors (Lipinski definition) is 4. The maximum atomic E-state index is 13.5. The third-order valence-corrected chi connectivity index (χ3v) is 5.29. The lowest BCUT2D eigenvalue weighted by atomic mass is 10.0. The van der Waals surface area contributed by atoms with Gasteiger partial charge in [0, 0.05) is 10.9 Å². The van der Waals surface area contributed by atoms with E-state index < -0.39 is 0 Å². The van der Waals surface area contributed by atoms with E-state index in [0.29, 0.717) is 16.6 Å². The molecule has 2 heterocycles. The van der Waals surface area contributed by atoms with Crippen molar-refractivity contribution in [3.63, 3.8) is 0 Å².